The van der Waals surface area contributed by atoms with Crippen molar-refractivity contribution in [3.8, 4) is 67.5 Å². The van der Waals surface area contributed by atoms with E-state index in [4.69, 9.17) is 14.4 Å². The summed E-state index contributed by atoms with van der Waals surface area (Å²) < 4.78 is 17.1. The molecule has 2 spiro atoms. The highest BCUT2D eigenvalue weighted by atomic mass is 32.1. The van der Waals surface area contributed by atoms with E-state index in [2.05, 4.69) is 307 Å². The molecule has 8 saturated carbocycles. The lowest BCUT2D eigenvalue weighted by atomic mass is 9.43. The summed E-state index contributed by atoms with van der Waals surface area (Å²) >= 11 is 1.73. The average molecular weight is 1590 g/mol. The normalized spacial score (nSPS) is 22.5. The van der Waals surface area contributed by atoms with E-state index in [0.29, 0.717) is 11.7 Å². The number of hydrogen-bond donors (Lipinski definition) is 0. The lowest BCUT2D eigenvalue weighted by molar-refractivity contribution is -0.0399. The summed E-state index contributed by atoms with van der Waals surface area (Å²) in [6.07, 6.45) is 19.6. The summed E-state index contributed by atoms with van der Waals surface area (Å²) in [4.78, 5) is 19.8. The summed E-state index contributed by atoms with van der Waals surface area (Å²) in [6, 6.07) is 112. The van der Waals surface area contributed by atoms with Gasteiger partial charge in [-0.25, -0.2) is 15.0 Å². The van der Waals surface area contributed by atoms with Crippen molar-refractivity contribution in [1.82, 2.24) is 38.2 Å². The second kappa shape index (κ2) is 24.6. The van der Waals surface area contributed by atoms with Gasteiger partial charge >= 0.3 is 0 Å². The summed E-state index contributed by atoms with van der Waals surface area (Å²) in [5, 5.41) is 14.3. The summed E-state index contributed by atoms with van der Waals surface area (Å²) in [6.45, 7) is 0. The molecule has 9 nitrogen and oxygen atoms in total. The lowest BCUT2D eigenvalue weighted by Crippen LogP contribution is -2.55. The second-order valence-electron chi connectivity index (χ2n) is 37.2. The van der Waals surface area contributed by atoms with Crippen LogP contribution < -0.4 is 0 Å². The third-order valence-electron chi connectivity index (χ3n) is 31.7. The van der Waals surface area contributed by atoms with Crippen LogP contribution in [0, 0.1) is 47.3 Å². The van der Waals surface area contributed by atoms with Crippen LogP contribution in [0.2, 0.25) is 0 Å². The third kappa shape index (κ3) is 9.01. The fraction of sp³-hybridized carbons (Fsp3) is 0.179. The van der Waals surface area contributed by atoms with Crippen LogP contribution in [0.4, 0.5) is 0 Å². The lowest BCUT2D eigenvalue weighted by Gasteiger charge is -2.61. The topological polar surface area (TPSA) is 84.4 Å². The highest BCUT2D eigenvalue weighted by Crippen LogP contribution is 2.72. The van der Waals surface area contributed by atoms with E-state index in [1.165, 1.54) is 206 Å². The van der Waals surface area contributed by atoms with Gasteiger partial charge in [0, 0.05) is 104 Å². The van der Waals surface area contributed by atoms with E-state index in [1.54, 1.807) is 39.9 Å². The van der Waals surface area contributed by atoms with Gasteiger partial charge in [-0.2, -0.15) is 4.98 Å². The smallest absolute Gasteiger partial charge is 0.237 e. The molecule has 32 rings (SSSR count). The summed E-state index contributed by atoms with van der Waals surface area (Å²) in [7, 11) is 0. The van der Waals surface area contributed by atoms with Crippen LogP contribution in [0.3, 0.4) is 0 Å². The minimum Gasteiger partial charge on any atom is -0.438 e. The van der Waals surface area contributed by atoms with E-state index in [1.807, 2.05) is 30.6 Å². The van der Waals surface area contributed by atoms with Crippen LogP contribution in [-0.2, 0) is 10.8 Å². The van der Waals surface area contributed by atoms with E-state index in [9.17, 15) is 0 Å². The van der Waals surface area contributed by atoms with Gasteiger partial charge in [-0.1, -0.05) is 182 Å². The first-order chi connectivity index (χ1) is 60.4. The zero-order valence-corrected chi connectivity index (χ0v) is 67.9. The molecular formula is C112H80N8OS. The molecule has 0 N–H and O–H groups in total. The molecule has 0 radical (unpaired) electrons. The molecule has 0 atom stereocenters. The SMILES string of the molecule is c1ccc2c(c1)-c1ccc(-n3c4ccccc4c4cc(-c5ccc6c(c5)c5ccccc5n6-c5ccc6c(c5)sc5ncncc56)ccc43)cc1C21C2CC3CC(C2)CC1C3.c1ccc2c(c1)-c1ccc(-n3c4ccccc4c4cc(-c5ccc6c(c5)c5ccccc5n6-c5ncc6c(n5)oc5ccccc56)ccc43)cc1C21C2CC3CC(C2)CC1C3. The van der Waals surface area contributed by atoms with E-state index in [-0.39, 0.29) is 10.8 Å². The summed E-state index contributed by atoms with van der Waals surface area (Å²) in [5.74, 6) is 7.27. The third-order valence-corrected chi connectivity index (χ3v) is 32.7. The Kier molecular flexibility index (Phi) is 13.6. The Labute approximate surface area is 706 Å². The monoisotopic (exact) mass is 1580 g/mol. The van der Waals surface area contributed by atoms with Crippen molar-refractivity contribution >= 4 is 141 Å². The molecule has 0 amide bonds. The molecule has 0 saturated heterocycles. The number of fused-ring (bicyclic) bond motifs is 24. The Bertz CT molecular complexity index is 7820. The van der Waals surface area contributed by atoms with Crippen molar-refractivity contribution in [2.75, 3.05) is 0 Å². The molecule has 22 aromatic rings. The van der Waals surface area contributed by atoms with Crippen molar-refractivity contribution in [2.24, 2.45) is 47.3 Å². The van der Waals surface area contributed by atoms with Gasteiger partial charge in [0.25, 0.3) is 0 Å². The van der Waals surface area contributed by atoms with Crippen LogP contribution in [-0.4, -0.2) is 38.2 Å². The Morgan fingerprint density at radius 2 is 0.672 bits per heavy atom. The molecule has 8 aromatic heterocycles. The molecule has 580 valence electrons. The van der Waals surface area contributed by atoms with E-state index in [0.717, 1.165) is 90.6 Å². The quantitative estimate of drug-likeness (QED) is 0.166. The van der Waals surface area contributed by atoms with Gasteiger partial charge < -0.3 is 18.1 Å². The Balaban J connectivity index is 0.000000123. The van der Waals surface area contributed by atoms with Crippen LogP contribution in [0.15, 0.2) is 320 Å². The van der Waals surface area contributed by atoms with Gasteiger partial charge in [0.1, 0.15) is 16.7 Å². The zero-order valence-electron chi connectivity index (χ0n) is 67.1. The molecule has 8 bridgehead atoms. The van der Waals surface area contributed by atoms with Gasteiger partial charge in [0.05, 0.1) is 49.5 Å². The van der Waals surface area contributed by atoms with Crippen LogP contribution in [0.5, 0.6) is 0 Å². The maximum atomic E-state index is 6.20. The Morgan fingerprint density at radius 1 is 0.287 bits per heavy atom. The van der Waals surface area contributed by atoms with Crippen molar-refractivity contribution in [1.29, 1.82) is 0 Å². The molecule has 10 aliphatic carbocycles. The summed E-state index contributed by atoms with van der Waals surface area (Å²) in [5.41, 5.74) is 32.2. The average Bonchev–Trinajstić information content (AvgIpc) is 1.50. The van der Waals surface area contributed by atoms with Gasteiger partial charge in [0.2, 0.25) is 11.7 Å². The van der Waals surface area contributed by atoms with E-state index >= 15 is 0 Å². The number of furan rings is 1. The van der Waals surface area contributed by atoms with Crippen LogP contribution >= 0.6 is 11.3 Å². The first kappa shape index (κ1) is 67.3. The molecule has 122 heavy (non-hydrogen) atoms. The van der Waals surface area contributed by atoms with Gasteiger partial charge in [-0.05, 0) is 294 Å². The first-order valence-corrected chi connectivity index (χ1v) is 45.1. The van der Waals surface area contributed by atoms with Crippen molar-refractivity contribution < 1.29 is 4.42 Å². The van der Waals surface area contributed by atoms with Gasteiger partial charge in [0.15, 0.2) is 0 Å². The predicted molar refractivity (Wildman–Crippen MR) is 499 cm³/mol. The second-order valence-corrected chi connectivity index (χ2v) is 38.3. The Morgan fingerprint density at radius 3 is 1.15 bits per heavy atom. The number of hydrogen-bond acceptors (Lipinski definition) is 6. The minimum atomic E-state index is 0.134. The highest BCUT2D eigenvalue weighted by Gasteiger charge is 2.63. The predicted octanol–water partition coefficient (Wildman–Crippen LogP) is 28.4. The highest BCUT2D eigenvalue weighted by molar-refractivity contribution is 7.25. The Hall–Kier alpha value is -13.5. The fourth-order valence-electron chi connectivity index (χ4n) is 27.5. The molecular weight excluding hydrogens is 1510 g/mol. The van der Waals surface area contributed by atoms with Crippen molar-refractivity contribution in [3.05, 3.63) is 338 Å². The molecule has 8 fully saturated rings. The molecule has 8 heterocycles. The van der Waals surface area contributed by atoms with Gasteiger partial charge in [-0.15, -0.1) is 11.3 Å². The van der Waals surface area contributed by atoms with Crippen LogP contribution in [0.1, 0.15) is 86.5 Å². The van der Waals surface area contributed by atoms with Crippen molar-refractivity contribution in [2.45, 2.75) is 75.0 Å². The maximum Gasteiger partial charge on any atom is 0.237 e. The number of benzene rings is 14. The van der Waals surface area contributed by atoms with Crippen LogP contribution in [0.25, 0.3) is 197 Å². The molecule has 10 aliphatic rings. The number of nitrogens with zero attached hydrogens (tertiary/aromatic N) is 8. The minimum absolute atomic E-state index is 0.134. The molecule has 0 unspecified atom stereocenters. The first-order valence-electron chi connectivity index (χ1n) is 44.3. The van der Waals surface area contributed by atoms with Gasteiger partial charge in [-0.3, -0.25) is 4.57 Å². The fourth-order valence-corrected chi connectivity index (χ4v) is 28.5. The number of para-hydroxylation sites is 5. The maximum absolute atomic E-state index is 6.20. The number of rotatable bonds is 6. The van der Waals surface area contributed by atoms with E-state index < -0.39 is 0 Å². The standard InChI is InChI=1S/C56H40N4O.C56H40N4S/c1-5-13-47-39(9-1)40-20-19-38(30-48(40)56(47)36-24-32-23-33(26-36)27-37(56)25-32)59-49-14-6-2-10-41(49)44-28-34(17-21-51(44)59)35-18-22-52-45(29-35)42-11-3-7-15-50(42)60(52)55-57-31-46-43-12-4-8-16-53(43)61-54(46)58-55;1-4-10-48-40(7-1)41-17-15-38(28-49(41)56(48)36-22-32-21-33(24-36)25-37(56)23-32)59-50-11-5-2-8-42(50)45-26-34(13-19-52(45)59)35-14-20-53-46(27-35)43-9-3-6-12-51(43)60(53)39-16-18-44-47-30-57-31-58-55(47)61-54(44)29-39/h1-22,28-33,36-37H,23-27H2;1-20,26-33,36-37H,21-25H2. The molecule has 0 aliphatic heterocycles. The van der Waals surface area contributed by atoms with Crippen molar-refractivity contribution in [3.63, 3.8) is 0 Å². The molecule has 10 heteroatoms. The number of thiophene rings is 1. The molecule has 14 aromatic carbocycles. The number of aromatic nitrogens is 8. The largest absolute Gasteiger partial charge is 0.438 e. The zero-order chi connectivity index (χ0) is 79.1.